The van der Waals surface area contributed by atoms with Crippen LogP contribution in [0, 0.1) is 6.92 Å². The molecular formula is C17H20N2. The van der Waals surface area contributed by atoms with Crippen LogP contribution in [0.1, 0.15) is 51.1 Å². The molecule has 0 fully saturated rings. The average Bonchev–Trinajstić information content (AvgIpc) is 2.35. The topological polar surface area (TPSA) is 25.8 Å². The van der Waals surface area contributed by atoms with Crippen LogP contribution in [0.25, 0.3) is 16.5 Å². The number of rotatable bonds is 1. The van der Waals surface area contributed by atoms with E-state index in [4.69, 9.17) is 0 Å². The van der Waals surface area contributed by atoms with Crippen molar-refractivity contribution in [3.8, 4) is 0 Å². The summed E-state index contributed by atoms with van der Waals surface area (Å²) in [5, 5.41) is 1.24. The molecule has 0 spiro atoms. The highest BCUT2D eigenvalue weighted by atomic mass is 14.7. The van der Waals surface area contributed by atoms with Crippen molar-refractivity contribution in [3.05, 3.63) is 40.9 Å². The number of hydrogen-bond donors (Lipinski definition) is 0. The van der Waals surface area contributed by atoms with Crippen molar-refractivity contribution in [1.82, 2.24) is 9.97 Å². The first-order valence-corrected chi connectivity index (χ1v) is 6.94. The number of nitrogens with zero attached hydrogens (tertiary/aromatic N) is 2. The molecule has 0 unspecified atom stereocenters. The van der Waals surface area contributed by atoms with Crippen molar-refractivity contribution in [3.63, 3.8) is 0 Å². The zero-order valence-corrected chi connectivity index (χ0v) is 12.3. The van der Waals surface area contributed by atoms with E-state index in [0.717, 1.165) is 23.3 Å². The summed E-state index contributed by atoms with van der Waals surface area (Å²) in [5.74, 6) is 0. The minimum atomic E-state index is 0.0703. The lowest BCUT2D eigenvalue weighted by atomic mass is 9.69. The standard InChI is InChI=1S/C17H20N2/c1-6-12-11(3)16-15-13(17(12,4)5)9-10(2)19-14(15)7-8-18-16/h7-9H,6H2,1-5H3. The summed E-state index contributed by atoms with van der Waals surface area (Å²) in [6.45, 7) is 11.1. The molecule has 0 N–H and O–H groups in total. The molecule has 2 heterocycles. The van der Waals surface area contributed by atoms with Crippen LogP contribution in [0.5, 0.6) is 0 Å². The second-order valence-corrected chi connectivity index (χ2v) is 5.95. The van der Waals surface area contributed by atoms with Crippen LogP contribution < -0.4 is 0 Å². The minimum absolute atomic E-state index is 0.0703. The minimum Gasteiger partial charge on any atom is -0.256 e. The van der Waals surface area contributed by atoms with Gasteiger partial charge in [0, 0.05) is 22.7 Å². The van der Waals surface area contributed by atoms with Gasteiger partial charge in [0.2, 0.25) is 0 Å². The number of allylic oxidation sites excluding steroid dienone is 2. The number of hydrogen-bond acceptors (Lipinski definition) is 2. The first kappa shape index (κ1) is 12.3. The van der Waals surface area contributed by atoms with Gasteiger partial charge in [-0.2, -0.15) is 0 Å². The molecule has 0 atom stereocenters. The Morgan fingerprint density at radius 3 is 2.63 bits per heavy atom. The molecule has 0 amide bonds. The molecule has 0 saturated carbocycles. The number of pyridine rings is 2. The summed E-state index contributed by atoms with van der Waals surface area (Å²) >= 11 is 0. The molecule has 1 aliphatic carbocycles. The lowest BCUT2D eigenvalue weighted by Gasteiger charge is -2.35. The quantitative estimate of drug-likeness (QED) is 0.751. The molecule has 3 rings (SSSR count). The maximum atomic E-state index is 4.67. The van der Waals surface area contributed by atoms with Crippen LogP contribution in [-0.2, 0) is 5.41 Å². The van der Waals surface area contributed by atoms with Crippen LogP contribution >= 0.6 is 0 Å². The third-order valence-electron chi connectivity index (χ3n) is 4.44. The van der Waals surface area contributed by atoms with Crippen LogP contribution in [0.15, 0.2) is 23.9 Å². The first-order valence-electron chi connectivity index (χ1n) is 6.94. The van der Waals surface area contributed by atoms with E-state index in [-0.39, 0.29) is 5.41 Å². The normalized spacial score (nSPS) is 17.1. The van der Waals surface area contributed by atoms with Crippen molar-refractivity contribution in [2.24, 2.45) is 0 Å². The van der Waals surface area contributed by atoms with Crippen molar-refractivity contribution in [1.29, 1.82) is 0 Å². The highest BCUT2D eigenvalue weighted by Gasteiger charge is 2.34. The third-order valence-corrected chi connectivity index (χ3v) is 4.44. The molecule has 0 bridgehead atoms. The van der Waals surface area contributed by atoms with Gasteiger partial charge in [-0.1, -0.05) is 26.3 Å². The van der Waals surface area contributed by atoms with Gasteiger partial charge < -0.3 is 0 Å². The molecule has 19 heavy (non-hydrogen) atoms. The van der Waals surface area contributed by atoms with E-state index in [9.17, 15) is 0 Å². The van der Waals surface area contributed by atoms with Gasteiger partial charge in [0.1, 0.15) is 0 Å². The smallest absolute Gasteiger partial charge is 0.0755 e. The second kappa shape index (κ2) is 3.89. The first-order chi connectivity index (χ1) is 8.96. The Kier molecular flexibility index (Phi) is 2.53. The van der Waals surface area contributed by atoms with Gasteiger partial charge in [-0.05, 0) is 43.5 Å². The lowest BCUT2D eigenvalue weighted by molar-refractivity contribution is 0.602. The predicted molar refractivity (Wildman–Crippen MR) is 80.2 cm³/mol. The van der Waals surface area contributed by atoms with Gasteiger partial charge in [0.05, 0.1) is 11.2 Å². The van der Waals surface area contributed by atoms with Gasteiger partial charge in [-0.15, -0.1) is 0 Å². The average molecular weight is 252 g/mol. The maximum Gasteiger partial charge on any atom is 0.0755 e. The Bertz CT molecular complexity index is 709. The summed E-state index contributed by atoms with van der Waals surface area (Å²) in [6.07, 6.45) is 2.95. The number of aryl methyl sites for hydroxylation is 1. The van der Waals surface area contributed by atoms with Crippen LogP contribution in [0.3, 0.4) is 0 Å². The van der Waals surface area contributed by atoms with Crippen molar-refractivity contribution in [2.75, 3.05) is 0 Å². The molecule has 2 aromatic rings. The molecule has 0 aliphatic heterocycles. The van der Waals surface area contributed by atoms with Gasteiger partial charge in [0.25, 0.3) is 0 Å². The number of aromatic nitrogens is 2. The van der Waals surface area contributed by atoms with E-state index < -0.39 is 0 Å². The Labute approximate surface area is 114 Å². The van der Waals surface area contributed by atoms with Gasteiger partial charge in [0.15, 0.2) is 0 Å². The molecule has 2 aromatic heterocycles. The predicted octanol–water partition coefficient (Wildman–Crippen LogP) is 4.41. The molecular weight excluding hydrogens is 232 g/mol. The van der Waals surface area contributed by atoms with Crippen molar-refractivity contribution < 1.29 is 0 Å². The van der Waals surface area contributed by atoms with Gasteiger partial charge >= 0.3 is 0 Å². The fraction of sp³-hybridized carbons (Fsp3) is 0.412. The molecule has 0 aromatic carbocycles. The second-order valence-electron chi connectivity index (χ2n) is 5.95. The SMILES string of the molecule is CCC1=C(C)c2nccc3nc(C)cc(c23)C1(C)C. The fourth-order valence-electron chi connectivity index (χ4n) is 3.57. The molecule has 2 nitrogen and oxygen atoms in total. The Balaban J connectivity index is 2.53. The Hall–Kier alpha value is -1.70. The van der Waals surface area contributed by atoms with E-state index in [1.54, 1.807) is 0 Å². The van der Waals surface area contributed by atoms with Gasteiger partial charge in [-0.3, -0.25) is 9.97 Å². The van der Waals surface area contributed by atoms with Crippen molar-refractivity contribution >= 4 is 16.5 Å². The molecule has 2 heteroatoms. The molecule has 0 saturated heterocycles. The van der Waals surface area contributed by atoms with E-state index in [0.29, 0.717) is 0 Å². The van der Waals surface area contributed by atoms with Gasteiger partial charge in [-0.25, -0.2) is 0 Å². The Morgan fingerprint density at radius 2 is 1.95 bits per heavy atom. The van der Waals surface area contributed by atoms with Crippen LogP contribution in [0.2, 0.25) is 0 Å². The van der Waals surface area contributed by atoms with E-state index in [1.807, 2.05) is 12.3 Å². The van der Waals surface area contributed by atoms with Crippen molar-refractivity contribution in [2.45, 2.75) is 46.5 Å². The monoisotopic (exact) mass is 252 g/mol. The largest absolute Gasteiger partial charge is 0.256 e. The summed E-state index contributed by atoms with van der Waals surface area (Å²) in [4.78, 5) is 9.28. The summed E-state index contributed by atoms with van der Waals surface area (Å²) in [6, 6.07) is 4.26. The zero-order chi connectivity index (χ0) is 13.8. The molecule has 98 valence electrons. The third kappa shape index (κ3) is 1.55. The van der Waals surface area contributed by atoms with E-state index >= 15 is 0 Å². The van der Waals surface area contributed by atoms with Crippen LogP contribution in [0.4, 0.5) is 0 Å². The zero-order valence-electron chi connectivity index (χ0n) is 12.3. The lowest BCUT2D eigenvalue weighted by Crippen LogP contribution is -2.25. The summed E-state index contributed by atoms with van der Waals surface area (Å²) in [7, 11) is 0. The van der Waals surface area contributed by atoms with E-state index in [1.165, 1.54) is 22.1 Å². The van der Waals surface area contributed by atoms with Crippen LogP contribution in [-0.4, -0.2) is 9.97 Å². The maximum absolute atomic E-state index is 4.67. The van der Waals surface area contributed by atoms with E-state index in [2.05, 4.69) is 50.7 Å². The fourth-order valence-corrected chi connectivity index (χ4v) is 3.57. The summed E-state index contributed by atoms with van der Waals surface area (Å²) < 4.78 is 0. The highest BCUT2D eigenvalue weighted by molar-refractivity contribution is 5.96. The highest BCUT2D eigenvalue weighted by Crippen LogP contribution is 2.46. The Morgan fingerprint density at radius 1 is 1.21 bits per heavy atom. The molecule has 1 aliphatic rings. The molecule has 0 radical (unpaired) electrons. The summed E-state index contributed by atoms with van der Waals surface area (Å²) in [5.41, 5.74) is 7.55.